The summed E-state index contributed by atoms with van der Waals surface area (Å²) < 4.78 is 24.4. The van der Waals surface area contributed by atoms with Crippen molar-refractivity contribution in [2.45, 2.75) is 43.0 Å². The van der Waals surface area contributed by atoms with E-state index in [9.17, 15) is 9.00 Å². The fourth-order valence-corrected chi connectivity index (χ4v) is 5.62. The number of urea groups is 1. The summed E-state index contributed by atoms with van der Waals surface area (Å²) in [6.07, 6.45) is 6.42. The van der Waals surface area contributed by atoms with Crippen molar-refractivity contribution in [3.8, 4) is 5.88 Å². The Morgan fingerprint density at radius 3 is 2.83 bits per heavy atom. The molecule has 0 radical (unpaired) electrons. The largest absolute Gasteiger partial charge is 0.475 e. The summed E-state index contributed by atoms with van der Waals surface area (Å²) in [6.45, 7) is 1.14. The number of likely N-dealkylation sites (N-methyl/N-ethyl adjacent to an activating group) is 1. The van der Waals surface area contributed by atoms with Gasteiger partial charge >= 0.3 is 6.03 Å². The second kappa shape index (κ2) is 7.07. The molecule has 9 nitrogen and oxygen atoms in total. The molecule has 1 aromatic carbocycles. The van der Waals surface area contributed by atoms with Crippen LogP contribution in [-0.4, -0.2) is 52.2 Å². The van der Waals surface area contributed by atoms with Gasteiger partial charge in [-0.3, -0.25) is 0 Å². The minimum atomic E-state index is -3.49. The van der Waals surface area contributed by atoms with Crippen molar-refractivity contribution in [1.29, 1.82) is 0 Å². The molecular weight excluding hydrogens is 404 g/mol. The highest BCUT2D eigenvalue weighted by atomic mass is 32.2. The third kappa shape index (κ3) is 3.19. The molecule has 5 rings (SSSR count). The molecule has 160 valence electrons. The van der Waals surface area contributed by atoms with E-state index >= 15 is 0 Å². The molecular formula is C20H26N6O3S. The van der Waals surface area contributed by atoms with Crippen LogP contribution < -0.4 is 15.2 Å². The lowest BCUT2D eigenvalue weighted by Crippen LogP contribution is -2.24. The van der Waals surface area contributed by atoms with Crippen molar-refractivity contribution >= 4 is 21.6 Å². The zero-order valence-corrected chi connectivity index (χ0v) is 18.0. The number of nitrogens with two attached hydrogens (primary N) is 1. The number of anilines is 1. The van der Waals surface area contributed by atoms with Crippen molar-refractivity contribution in [3.63, 3.8) is 0 Å². The highest BCUT2D eigenvalue weighted by molar-refractivity contribution is 7.91. The number of fused-ring (bicyclic) bond motifs is 3. The third-order valence-electron chi connectivity index (χ3n) is 6.06. The summed E-state index contributed by atoms with van der Waals surface area (Å²) >= 11 is 0. The van der Waals surface area contributed by atoms with E-state index in [2.05, 4.69) is 20.8 Å². The summed E-state index contributed by atoms with van der Waals surface area (Å²) in [5.74, 6) is 0.329. The van der Waals surface area contributed by atoms with Crippen LogP contribution in [0.15, 0.2) is 21.5 Å². The van der Waals surface area contributed by atoms with Crippen LogP contribution in [0.1, 0.15) is 34.7 Å². The summed E-state index contributed by atoms with van der Waals surface area (Å²) in [4.78, 5) is 14.9. The first-order valence-corrected chi connectivity index (χ1v) is 11.8. The maximum absolute atomic E-state index is 13.1. The van der Waals surface area contributed by atoms with Gasteiger partial charge in [-0.15, -0.1) is 4.36 Å². The zero-order chi connectivity index (χ0) is 21.0. The van der Waals surface area contributed by atoms with Gasteiger partial charge in [0.15, 0.2) is 9.92 Å². The third-order valence-corrected chi connectivity index (χ3v) is 7.41. The van der Waals surface area contributed by atoms with Crippen molar-refractivity contribution in [2.75, 3.05) is 32.6 Å². The van der Waals surface area contributed by atoms with Crippen LogP contribution in [0.5, 0.6) is 5.88 Å². The van der Waals surface area contributed by atoms with Crippen molar-refractivity contribution in [2.24, 2.45) is 9.50 Å². The Bertz CT molecular complexity index is 1160. The van der Waals surface area contributed by atoms with Gasteiger partial charge in [-0.25, -0.2) is 18.8 Å². The van der Waals surface area contributed by atoms with Gasteiger partial charge < -0.3 is 15.0 Å². The van der Waals surface area contributed by atoms with E-state index in [4.69, 9.17) is 9.88 Å². The number of hydrogen-bond acceptors (Lipinski definition) is 5. The predicted molar refractivity (Wildman–Crippen MR) is 113 cm³/mol. The number of aromatic nitrogens is 2. The van der Waals surface area contributed by atoms with Gasteiger partial charge in [0.25, 0.3) is 0 Å². The first kappa shape index (κ1) is 19.5. The van der Waals surface area contributed by atoms with Gasteiger partial charge in [-0.05, 0) is 68.5 Å². The molecule has 30 heavy (non-hydrogen) atoms. The lowest BCUT2D eigenvalue weighted by molar-refractivity contribution is 0.260. The monoisotopic (exact) mass is 430 g/mol. The van der Waals surface area contributed by atoms with E-state index in [-0.39, 0.29) is 10.9 Å². The molecule has 2 atom stereocenters. The fraction of sp³-hybridized carbons (Fsp3) is 0.500. The standard InChI is InChI=1S/C20H26N6O3S/c1-25(2)10-14-11-29-19-17(9-22-26(14)19)30(21,28)24-20(27)23-18-15-5-3-4-12(15)8-13-6-7-16(13)18/h8-9,14H,3-7,10-11H2,1-2H3,(H3,21,23,24,27,28)/t14-,30?/m1/s1. The predicted octanol–water partition coefficient (Wildman–Crippen LogP) is 1.90. The van der Waals surface area contributed by atoms with Crippen molar-refractivity contribution in [1.82, 2.24) is 14.7 Å². The van der Waals surface area contributed by atoms with Crippen LogP contribution >= 0.6 is 0 Å². The Morgan fingerprint density at radius 2 is 2.10 bits per heavy atom. The first-order chi connectivity index (χ1) is 14.3. The minimum absolute atomic E-state index is 0.00137. The highest BCUT2D eigenvalue weighted by Gasteiger charge is 2.32. The number of carbonyl (C=O) groups excluding carboxylic acids is 1. The highest BCUT2D eigenvalue weighted by Crippen LogP contribution is 2.40. The van der Waals surface area contributed by atoms with E-state index in [1.165, 1.54) is 28.5 Å². The van der Waals surface area contributed by atoms with Crippen LogP contribution in [0, 0.1) is 0 Å². The molecule has 0 bridgehead atoms. The Balaban J connectivity index is 1.43. The molecule has 0 saturated carbocycles. The summed E-state index contributed by atoms with van der Waals surface area (Å²) in [7, 11) is 0.431. The molecule has 2 amide bonds. The smallest absolute Gasteiger partial charge is 0.354 e. The number of rotatable bonds is 4. The molecule has 0 spiro atoms. The second-order valence-corrected chi connectivity index (χ2v) is 10.2. The van der Waals surface area contributed by atoms with Gasteiger partial charge in [-0.2, -0.15) is 5.10 Å². The van der Waals surface area contributed by atoms with Crippen molar-refractivity contribution < 1.29 is 13.7 Å². The average Bonchev–Trinajstić information content (AvgIpc) is 3.33. The molecule has 3 N–H and O–H groups in total. The van der Waals surface area contributed by atoms with E-state index < -0.39 is 15.9 Å². The normalized spacial score (nSPS) is 20.6. The van der Waals surface area contributed by atoms with Crippen LogP contribution in [0.2, 0.25) is 0 Å². The lowest BCUT2D eigenvalue weighted by Gasteiger charge is -2.25. The van der Waals surface area contributed by atoms with Crippen LogP contribution in [-0.2, 0) is 35.6 Å². The number of benzene rings is 1. The molecule has 1 aromatic heterocycles. The van der Waals surface area contributed by atoms with E-state index in [1.807, 2.05) is 19.0 Å². The molecule has 1 unspecified atom stereocenters. The first-order valence-electron chi connectivity index (χ1n) is 10.2. The maximum atomic E-state index is 13.1. The second-order valence-electron chi connectivity index (χ2n) is 8.46. The van der Waals surface area contributed by atoms with Gasteiger partial charge in [0, 0.05) is 12.2 Å². The number of ether oxygens (including phenoxy) is 1. The van der Waals surface area contributed by atoms with E-state index in [1.54, 1.807) is 4.68 Å². The number of nitrogens with one attached hydrogen (secondary N) is 1. The molecule has 2 heterocycles. The zero-order valence-electron chi connectivity index (χ0n) is 17.2. The fourth-order valence-electron chi connectivity index (χ4n) is 4.63. The maximum Gasteiger partial charge on any atom is 0.354 e. The summed E-state index contributed by atoms with van der Waals surface area (Å²) in [5, 5.41) is 13.2. The molecule has 10 heteroatoms. The summed E-state index contributed by atoms with van der Waals surface area (Å²) in [6, 6.07) is 1.57. The minimum Gasteiger partial charge on any atom is -0.475 e. The Labute approximate surface area is 175 Å². The molecule has 1 aliphatic heterocycles. The average molecular weight is 431 g/mol. The molecule has 0 saturated heterocycles. The van der Waals surface area contributed by atoms with Crippen molar-refractivity contribution in [3.05, 3.63) is 34.5 Å². The lowest BCUT2D eigenvalue weighted by atomic mass is 9.83. The van der Waals surface area contributed by atoms with E-state index in [0.717, 1.165) is 44.3 Å². The van der Waals surface area contributed by atoms with Crippen LogP contribution in [0.3, 0.4) is 0 Å². The quantitative estimate of drug-likeness (QED) is 0.769. The van der Waals surface area contributed by atoms with E-state index in [0.29, 0.717) is 12.5 Å². The van der Waals surface area contributed by atoms with Crippen LogP contribution in [0.25, 0.3) is 0 Å². The number of amides is 2. The number of hydrogen-bond donors (Lipinski definition) is 2. The molecule has 3 aliphatic rings. The number of nitrogens with zero attached hydrogens (tertiary/aromatic N) is 4. The molecule has 2 aromatic rings. The molecule has 0 fully saturated rings. The van der Waals surface area contributed by atoms with Crippen LogP contribution in [0.4, 0.5) is 10.5 Å². The Morgan fingerprint density at radius 1 is 1.33 bits per heavy atom. The number of carbonyl (C=O) groups is 1. The Kier molecular flexibility index (Phi) is 4.60. The summed E-state index contributed by atoms with van der Waals surface area (Å²) in [5.41, 5.74) is 5.78. The van der Waals surface area contributed by atoms with Gasteiger partial charge in [0.1, 0.15) is 17.5 Å². The SMILES string of the molecule is CN(C)C[C@@H]1COc2c(S(N)(=O)=NC(=O)Nc3c4c(cc5c3CC5)CCC4)cnn21. The molecule has 2 aliphatic carbocycles. The van der Waals surface area contributed by atoms with Gasteiger partial charge in [0.05, 0.1) is 6.20 Å². The number of aryl methyl sites for hydroxylation is 2. The Hall–Kier alpha value is -2.43. The van der Waals surface area contributed by atoms with Gasteiger partial charge in [-0.1, -0.05) is 6.07 Å². The topological polar surface area (TPSA) is 115 Å². The van der Waals surface area contributed by atoms with Gasteiger partial charge in [0.2, 0.25) is 5.88 Å².